The third-order valence-electron chi connectivity index (χ3n) is 3.67. The fourth-order valence-corrected chi connectivity index (χ4v) is 2.44. The first kappa shape index (κ1) is 21.5. The van der Waals surface area contributed by atoms with Gasteiger partial charge in [-0.2, -0.15) is 0 Å². The van der Waals surface area contributed by atoms with Crippen molar-refractivity contribution in [3.05, 3.63) is 0 Å². The molecular weight excluding hydrogens is 391 g/mol. The zero-order valence-corrected chi connectivity index (χ0v) is 17.1. The molecule has 6 heteroatoms. The van der Waals surface area contributed by atoms with Gasteiger partial charge in [-0.3, -0.25) is 9.79 Å². The number of rotatable bonds is 5. The van der Waals surface area contributed by atoms with Gasteiger partial charge < -0.3 is 15.5 Å². The molecule has 1 amide bonds. The van der Waals surface area contributed by atoms with Gasteiger partial charge in [-0.05, 0) is 31.6 Å². The number of hydrogen-bond acceptors (Lipinski definition) is 2. The standard InChI is InChI=1S/C16H32N4O.HI/c1-6-17-15(18-11-7-10-16(2,3)4)19-13-8-9-14(21)20(5)12-13;/h13H,6-12H2,1-5H3,(H2,17,18,19);1H. The van der Waals surface area contributed by atoms with E-state index in [0.29, 0.717) is 17.9 Å². The van der Waals surface area contributed by atoms with Crippen molar-refractivity contribution < 1.29 is 4.79 Å². The van der Waals surface area contributed by atoms with Crippen LogP contribution in [0.5, 0.6) is 0 Å². The molecule has 1 saturated heterocycles. The summed E-state index contributed by atoms with van der Waals surface area (Å²) >= 11 is 0. The molecular formula is C16H33IN4O. The molecule has 0 spiro atoms. The number of amides is 1. The van der Waals surface area contributed by atoms with Crippen molar-refractivity contribution in [2.45, 2.75) is 59.4 Å². The minimum Gasteiger partial charge on any atom is -0.357 e. The number of likely N-dealkylation sites (N-methyl/N-ethyl adjacent to an activating group) is 1. The summed E-state index contributed by atoms with van der Waals surface area (Å²) in [5, 5.41) is 6.74. The lowest BCUT2D eigenvalue weighted by molar-refractivity contribution is -0.132. The van der Waals surface area contributed by atoms with Crippen molar-refractivity contribution in [2.24, 2.45) is 10.4 Å². The number of halogens is 1. The van der Waals surface area contributed by atoms with Crippen LogP contribution < -0.4 is 10.6 Å². The molecule has 1 aliphatic rings. The minimum atomic E-state index is 0. The van der Waals surface area contributed by atoms with Crippen molar-refractivity contribution in [2.75, 3.05) is 26.7 Å². The SMILES string of the molecule is CCNC(=NCCCC(C)(C)C)NC1CCC(=O)N(C)C1.I. The van der Waals surface area contributed by atoms with E-state index in [9.17, 15) is 4.79 Å². The summed E-state index contributed by atoms with van der Waals surface area (Å²) in [5.74, 6) is 1.11. The molecule has 2 N–H and O–H groups in total. The van der Waals surface area contributed by atoms with E-state index in [2.05, 4.69) is 43.3 Å². The molecule has 1 aliphatic heterocycles. The molecule has 0 aromatic carbocycles. The monoisotopic (exact) mass is 424 g/mol. The van der Waals surface area contributed by atoms with Gasteiger partial charge in [0.25, 0.3) is 0 Å². The number of guanidine groups is 1. The van der Waals surface area contributed by atoms with E-state index in [4.69, 9.17) is 0 Å². The van der Waals surface area contributed by atoms with Gasteiger partial charge in [-0.1, -0.05) is 20.8 Å². The van der Waals surface area contributed by atoms with Gasteiger partial charge in [-0.15, -0.1) is 24.0 Å². The second-order valence-corrected chi connectivity index (χ2v) is 7.08. The van der Waals surface area contributed by atoms with Crippen LogP contribution >= 0.6 is 24.0 Å². The van der Waals surface area contributed by atoms with Crippen molar-refractivity contribution in [1.29, 1.82) is 0 Å². The van der Waals surface area contributed by atoms with E-state index >= 15 is 0 Å². The highest BCUT2D eigenvalue weighted by Gasteiger charge is 2.23. The van der Waals surface area contributed by atoms with Gasteiger partial charge in [0.15, 0.2) is 5.96 Å². The van der Waals surface area contributed by atoms with Crippen LogP contribution in [0.25, 0.3) is 0 Å². The first-order chi connectivity index (χ1) is 9.81. The summed E-state index contributed by atoms with van der Waals surface area (Å²) in [4.78, 5) is 17.9. The van der Waals surface area contributed by atoms with Crippen LogP contribution in [0.4, 0.5) is 0 Å². The third kappa shape index (κ3) is 8.80. The Morgan fingerprint density at radius 3 is 2.64 bits per heavy atom. The number of piperidine rings is 1. The molecule has 5 nitrogen and oxygen atoms in total. The van der Waals surface area contributed by atoms with Crippen LogP contribution in [0.15, 0.2) is 4.99 Å². The Kier molecular flexibility index (Phi) is 10.0. The molecule has 0 aromatic heterocycles. The van der Waals surface area contributed by atoms with E-state index in [1.54, 1.807) is 4.90 Å². The van der Waals surface area contributed by atoms with Crippen molar-refractivity contribution in [3.8, 4) is 0 Å². The Bertz CT molecular complexity index is 366. The van der Waals surface area contributed by atoms with Gasteiger partial charge in [0.1, 0.15) is 0 Å². The predicted molar refractivity (Wildman–Crippen MR) is 104 cm³/mol. The Balaban J connectivity index is 0.00000441. The molecule has 0 saturated carbocycles. The molecule has 0 bridgehead atoms. The summed E-state index contributed by atoms with van der Waals surface area (Å²) in [7, 11) is 1.86. The van der Waals surface area contributed by atoms with Crippen molar-refractivity contribution in [3.63, 3.8) is 0 Å². The zero-order valence-electron chi connectivity index (χ0n) is 14.7. The topological polar surface area (TPSA) is 56.7 Å². The van der Waals surface area contributed by atoms with E-state index in [1.165, 1.54) is 6.42 Å². The number of likely N-dealkylation sites (tertiary alicyclic amines) is 1. The maximum atomic E-state index is 11.5. The highest BCUT2D eigenvalue weighted by molar-refractivity contribution is 14.0. The van der Waals surface area contributed by atoms with Crippen LogP contribution in [0.1, 0.15) is 53.4 Å². The third-order valence-corrected chi connectivity index (χ3v) is 3.67. The first-order valence-corrected chi connectivity index (χ1v) is 8.10. The minimum absolute atomic E-state index is 0. The fourth-order valence-electron chi connectivity index (χ4n) is 2.44. The fraction of sp³-hybridized carbons (Fsp3) is 0.875. The molecule has 0 aromatic rings. The van der Waals surface area contributed by atoms with Crippen LogP contribution in [0.2, 0.25) is 0 Å². The van der Waals surface area contributed by atoms with Gasteiger partial charge >= 0.3 is 0 Å². The summed E-state index contributed by atoms with van der Waals surface area (Å²) in [6, 6.07) is 0.299. The highest BCUT2D eigenvalue weighted by atomic mass is 127. The average Bonchev–Trinajstić information content (AvgIpc) is 2.38. The maximum Gasteiger partial charge on any atom is 0.222 e. The molecule has 1 atom stereocenters. The van der Waals surface area contributed by atoms with Crippen LogP contribution in [0.3, 0.4) is 0 Å². The van der Waals surface area contributed by atoms with Crippen molar-refractivity contribution >= 4 is 35.8 Å². The number of hydrogen-bond donors (Lipinski definition) is 2. The quantitative estimate of drug-likeness (QED) is 0.309. The number of aliphatic imine (C=N–C) groups is 1. The summed E-state index contributed by atoms with van der Waals surface area (Å²) < 4.78 is 0. The van der Waals surface area contributed by atoms with Gasteiger partial charge in [0, 0.05) is 39.1 Å². The molecule has 130 valence electrons. The zero-order chi connectivity index (χ0) is 15.9. The second-order valence-electron chi connectivity index (χ2n) is 7.08. The van der Waals surface area contributed by atoms with Gasteiger partial charge in [0.2, 0.25) is 5.91 Å². The summed E-state index contributed by atoms with van der Waals surface area (Å²) in [6.45, 7) is 11.3. The van der Waals surface area contributed by atoms with Crippen LogP contribution in [-0.2, 0) is 4.79 Å². The Morgan fingerprint density at radius 2 is 2.09 bits per heavy atom. The van der Waals surface area contributed by atoms with E-state index in [-0.39, 0.29) is 29.9 Å². The highest BCUT2D eigenvalue weighted by Crippen LogP contribution is 2.20. The number of carbonyl (C=O) groups is 1. The maximum absolute atomic E-state index is 11.5. The number of carbonyl (C=O) groups excluding carboxylic acids is 1. The molecule has 1 rings (SSSR count). The molecule has 22 heavy (non-hydrogen) atoms. The predicted octanol–water partition coefficient (Wildman–Crippen LogP) is 2.61. The summed E-state index contributed by atoms with van der Waals surface area (Å²) in [5.41, 5.74) is 0.369. The number of nitrogens with zero attached hydrogens (tertiary/aromatic N) is 2. The Morgan fingerprint density at radius 1 is 1.41 bits per heavy atom. The normalized spacial score (nSPS) is 19.7. The smallest absolute Gasteiger partial charge is 0.222 e. The largest absolute Gasteiger partial charge is 0.357 e. The van der Waals surface area contributed by atoms with E-state index in [0.717, 1.165) is 38.4 Å². The van der Waals surface area contributed by atoms with E-state index < -0.39 is 0 Å². The molecule has 0 radical (unpaired) electrons. The molecule has 1 unspecified atom stereocenters. The second kappa shape index (κ2) is 10.3. The lowest BCUT2D eigenvalue weighted by atomic mass is 9.91. The van der Waals surface area contributed by atoms with Gasteiger partial charge in [0.05, 0.1) is 0 Å². The first-order valence-electron chi connectivity index (χ1n) is 8.10. The Hall–Kier alpha value is -0.530. The molecule has 1 fully saturated rings. The van der Waals surface area contributed by atoms with Crippen molar-refractivity contribution in [1.82, 2.24) is 15.5 Å². The molecule has 1 heterocycles. The lowest BCUT2D eigenvalue weighted by Crippen LogP contribution is -2.51. The van der Waals surface area contributed by atoms with Crippen LogP contribution in [0, 0.1) is 5.41 Å². The number of nitrogens with one attached hydrogen (secondary N) is 2. The van der Waals surface area contributed by atoms with Crippen LogP contribution in [-0.4, -0.2) is 49.5 Å². The van der Waals surface area contributed by atoms with Gasteiger partial charge in [-0.25, -0.2) is 0 Å². The Labute approximate surface area is 152 Å². The molecule has 0 aliphatic carbocycles. The summed E-state index contributed by atoms with van der Waals surface area (Å²) in [6.07, 6.45) is 3.78. The van der Waals surface area contributed by atoms with E-state index in [1.807, 2.05) is 7.05 Å². The average molecular weight is 424 g/mol. The lowest BCUT2D eigenvalue weighted by Gasteiger charge is -2.31.